The van der Waals surface area contributed by atoms with E-state index in [0.717, 1.165) is 0 Å². The van der Waals surface area contributed by atoms with Gasteiger partial charge in [0.25, 0.3) is 0 Å². The molecule has 1 aromatic carbocycles. The molecule has 0 aromatic heterocycles. The minimum absolute atomic E-state index is 0.224. The number of nitrogens with two attached hydrogens (primary N) is 1. The summed E-state index contributed by atoms with van der Waals surface area (Å²) in [4.78, 5) is 20.3. The zero-order valence-electron chi connectivity index (χ0n) is 13.3. The molecule has 0 bridgehead atoms. The lowest BCUT2D eigenvalue weighted by Gasteiger charge is -2.39. The summed E-state index contributed by atoms with van der Waals surface area (Å²) in [5, 5.41) is 12.8. The Morgan fingerprint density at radius 3 is 2.46 bits per heavy atom. The van der Waals surface area contributed by atoms with E-state index in [1.165, 1.54) is 19.1 Å². The number of carbonyl (C=O) groups is 2. The van der Waals surface area contributed by atoms with Gasteiger partial charge in [-0.05, 0) is 23.8 Å². The van der Waals surface area contributed by atoms with E-state index < -0.39 is 16.0 Å². The molecule has 5 N–H and O–H groups in total. The summed E-state index contributed by atoms with van der Waals surface area (Å²) in [5.41, 5.74) is 6.54. The first-order chi connectivity index (χ1) is 12.0. The lowest BCUT2D eigenvalue weighted by Crippen LogP contribution is -2.57. The van der Waals surface area contributed by atoms with Crippen LogP contribution in [0, 0.1) is 0 Å². The zero-order valence-corrected chi connectivity index (χ0v) is 16.4. The van der Waals surface area contributed by atoms with Crippen LogP contribution >= 0.6 is 47.0 Å². The van der Waals surface area contributed by atoms with Gasteiger partial charge in [0, 0.05) is 18.2 Å². The number of allylic oxidation sites excluding steroid dienone is 2. The summed E-state index contributed by atoms with van der Waals surface area (Å²) in [6.45, 7) is 1.37. The molecule has 3 amide bonds. The van der Waals surface area contributed by atoms with Crippen molar-refractivity contribution in [3.63, 3.8) is 0 Å². The van der Waals surface area contributed by atoms with Crippen LogP contribution in [0.15, 0.2) is 41.4 Å². The molecular formula is C16H14Cl3N3O3S. The van der Waals surface area contributed by atoms with Gasteiger partial charge < -0.3 is 21.5 Å². The van der Waals surface area contributed by atoms with Crippen LogP contribution < -0.4 is 16.4 Å². The van der Waals surface area contributed by atoms with E-state index in [0.29, 0.717) is 16.8 Å². The normalized spacial score (nSPS) is 25.0. The first kappa shape index (κ1) is 20.7. The highest BCUT2D eigenvalue weighted by Gasteiger charge is 2.55. The Morgan fingerprint density at radius 1 is 1.27 bits per heavy atom. The Morgan fingerprint density at radius 2 is 1.88 bits per heavy atom. The van der Waals surface area contributed by atoms with Gasteiger partial charge in [0.15, 0.2) is 4.87 Å². The number of alkyl halides is 2. The Bertz CT molecular complexity index is 854. The third-order valence-corrected chi connectivity index (χ3v) is 5.74. The standard InChI is InChI=1S/C16H14Cl3N3O3S/c1-8(23)21-11-5-3-2-4-10(11)9-6-12(17)16(19,25)15(18,7-9)13(26)22-14(20)24/h2-7,25H,1H3,(H,21,23)(H3,20,22,24,26). The van der Waals surface area contributed by atoms with Crippen molar-refractivity contribution in [2.45, 2.75) is 16.9 Å². The van der Waals surface area contributed by atoms with Crippen LogP contribution in [0.2, 0.25) is 0 Å². The van der Waals surface area contributed by atoms with Crippen molar-refractivity contribution in [1.82, 2.24) is 5.32 Å². The van der Waals surface area contributed by atoms with E-state index >= 15 is 0 Å². The second-order valence-electron chi connectivity index (χ2n) is 5.47. The van der Waals surface area contributed by atoms with Gasteiger partial charge in [-0.2, -0.15) is 0 Å². The van der Waals surface area contributed by atoms with Crippen LogP contribution in [0.1, 0.15) is 12.5 Å². The van der Waals surface area contributed by atoms with Crippen LogP contribution in [0.25, 0.3) is 5.57 Å². The number of halogens is 3. The molecular weight excluding hydrogens is 421 g/mol. The van der Waals surface area contributed by atoms with Gasteiger partial charge in [0.1, 0.15) is 4.99 Å². The predicted molar refractivity (Wildman–Crippen MR) is 107 cm³/mol. The van der Waals surface area contributed by atoms with Gasteiger partial charge >= 0.3 is 6.03 Å². The minimum Gasteiger partial charge on any atom is -0.368 e. The molecule has 2 rings (SSSR count). The van der Waals surface area contributed by atoms with Crippen molar-refractivity contribution in [3.8, 4) is 0 Å². The van der Waals surface area contributed by atoms with Crippen molar-refractivity contribution in [2.75, 3.05) is 5.32 Å². The van der Waals surface area contributed by atoms with Crippen molar-refractivity contribution in [1.29, 1.82) is 0 Å². The summed E-state index contributed by atoms with van der Waals surface area (Å²) in [5.74, 6) is -0.277. The fraction of sp³-hybridized carbons (Fsp3) is 0.188. The highest BCUT2D eigenvalue weighted by Crippen LogP contribution is 2.48. The van der Waals surface area contributed by atoms with Crippen LogP contribution in [0.5, 0.6) is 0 Å². The highest BCUT2D eigenvalue weighted by atomic mass is 35.5. The van der Waals surface area contributed by atoms with E-state index in [1.54, 1.807) is 24.3 Å². The number of anilines is 1. The summed E-state index contributed by atoms with van der Waals surface area (Å²) in [6.07, 6.45) is 2.73. The third kappa shape index (κ3) is 3.87. The maximum Gasteiger partial charge on any atom is 0.317 e. The molecule has 0 aliphatic heterocycles. The van der Waals surface area contributed by atoms with Crippen LogP contribution in [-0.2, 0) is 4.79 Å². The predicted octanol–water partition coefficient (Wildman–Crippen LogP) is 3.07. The number of benzene rings is 1. The van der Waals surface area contributed by atoms with Gasteiger partial charge in [-0.3, -0.25) is 4.79 Å². The van der Waals surface area contributed by atoms with E-state index in [1.807, 2.05) is 0 Å². The number of thiocarbonyl (C=S) groups is 1. The van der Waals surface area contributed by atoms with Crippen LogP contribution in [0.3, 0.4) is 0 Å². The molecule has 1 aliphatic carbocycles. The summed E-state index contributed by atoms with van der Waals surface area (Å²) >= 11 is 23.8. The number of primary amides is 1. The van der Waals surface area contributed by atoms with E-state index in [9.17, 15) is 14.7 Å². The maximum absolute atomic E-state index is 11.4. The van der Waals surface area contributed by atoms with Gasteiger partial charge in [-0.15, -0.1) is 11.6 Å². The molecule has 10 heteroatoms. The average Bonchev–Trinajstić information content (AvgIpc) is 2.52. The van der Waals surface area contributed by atoms with E-state index in [-0.39, 0.29) is 15.9 Å². The maximum atomic E-state index is 11.4. The monoisotopic (exact) mass is 433 g/mol. The first-order valence-corrected chi connectivity index (χ1v) is 8.72. The van der Waals surface area contributed by atoms with Crippen molar-refractivity contribution in [3.05, 3.63) is 47.0 Å². The summed E-state index contributed by atoms with van der Waals surface area (Å²) < 4.78 is 0. The van der Waals surface area contributed by atoms with Crippen LogP contribution in [0.4, 0.5) is 10.5 Å². The molecule has 0 saturated heterocycles. The summed E-state index contributed by atoms with van der Waals surface area (Å²) in [6, 6.07) is 5.88. The zero-order chi connectivity index (χ0) is 19.7. The Labute approximate surface area is 170 Å². The fourth-order valence-electron chi connectivity index (χ4n) is 2.37. The molecule has 1 aromatic rings. The largest absolute Gasteiger partial charge is 0.368 e. The number of para-hydroxylation sites is 1. The van der Waals surface area contributed by atoms with Crippen molar-refractivity contribution < 1.29 is 14.7 Å². The number of hydrogen-bond acceptors (Lipinski definition) is 4. The molecule has 138 valence electrons. The quantitative estimate of drug-likeness (QED) is 0.433. The molecule has 1 aliphatic rings. The van der Waals surface area contributed by atoms with Gasteiger partial charge in [-0.25, -0.2) is 4.79 Å². The Balaban J connectivity index is 2.62. The SMILES string of the molecule is CC(=O)Nc1ccccc1C1=CC(Cl)(C(=S)NC(N)=O)C(O)(Cl)C(Cl)=C1. The number of amides is 3. The third-order valence-electron chi connectivity index (χ3n) is 3.55. The van der Waals surface area contributed by atoms with Gasteiger partial charge in [0.2, 0.25) is 11.0 Å². The molecule has 2 unspecified atom stereocenters. The van der Waals surface area contributed by atoms with Gasteiger partial charge in [0.05, 0.1) is 5.03 Å². The number of carbonyl (C=O) groups excluding carboxylic acids is 2. The fourth-order valence-corrected chi connectivity index (χ4v) is 3.51. The molecule has 2 atom stereocenters. The van der Waals surface area contributed by atoms with Crippen LogP contribution in [-0.4, -0.2) is 32.0 Å². The lowest BCUT2D eigenvalue weighted by molar-refractivity contribution is -0.114. The second kappa shape index (κ2) is 7.54. The topological polar surface area (TPSA) is 104 Å². The molecule has 0 heterocycles. The number of rotatable bonds is 3. The van der Waals surface area contributed by atoms with Gasteiger partial charge in [-0.1, -0.05) is 53.6 Å². The molecule has 26 heavy (non-hydrogen) atoms. The molecule has 0 saturated carbocycles. The first-order valence-electron chi connectivity index (χ1n) is 7.17. The highest BCUT2D eigenvalue weighted by molar-refractivity contribution is 7.80. The average molecular weight is 435 g/mol. The second-order valence-corrected chi connectivity index (χ2v) is 7.43. The van der Waals surface area contributed by atoms with E-state index in [2.05, 4.69) is 10.6 Å². The minimum atomic E-state index is -2.32. The summed E-state index contributed by atoms with van der Waals surface area (Å²) in [7, 11) is 0. The molecule has 0 radical (unpaired) electrons. The number of nitrogens with one attached hydrogen (secondary N) is 2. The van der Waals surface area contributed by atoms with Crippen molar-refractivity contribution in [2.24, 2.45) is 5.73 Å². The number of hydrogen-bond donors (Lipinski definition) is 4. The Kier molecular flexibility index (Phi) is 5.99. The smallest absolute Gasteiger partial charge is 0.317 e. The molecule has 6 nitrogen and oxygen atoms in total. The number of urea groups is 1. The lowest BCUT2D eigenvalue weighted by atomic mass is 9.88. The van der Waals surface area contributed by atoms with Crippen molar-refractivity contribution >= 4 is 75.2 Å². The number of aliphatic hydroxyl groups is 1. The Hall–Kier alpha value is -1.64. The molecule has 0 fully saturated rings. The molecule has 0 spiro atoms. The van der Waals surface area contributed by atoms with E-state index in [4.69, 9.17) is 52.8 Å².